The zero-order valence-electron chi connectivity index (χ0n) is 22.0. The van der Waals surface area contributed by atoms with Gasteiger partial charge in [0.2, 0.25) is 0 Å². The molecule has 8 rings (SSSR count). The first-order chi connectivity index (χ1) is 19.1. The van der Waals surface area contributed by atoms with Crippen LogP contribution in [0, 0.1) is 0 Å². The summed E-state index contributed by atoms with van der Waals surface area (Å²) in [7, 11) is 0. The van der Waals surface area contributed by atoms with Gasteiger partial charge in [0.05, 0.1) is 16.1 Å². The van der Waals surface area contributed by atoms with E-state index >= 15 is 0 Å². The Morgan fingerprint density at radius 1 is 0.590 bits per heavy atom. The van der Waals surface area contributed by atoms with Gasteiger partial charge >= 0.3 is 0 Å². The zero-order chi connectivity index (χ0) is 26.1. The van der Waals surface area contributed by atoms with Gasteiger partial charge in [-0.05, 0) is 57.8 Å². The van der Waals surface area contributed by atoms with Crippen molar-refractivity contribution in [1.82, 2.24) is 0 Å². The summed E-state index contributed by atoms with van der Waals surface area (Å²) in [6, 6.07) is 46.7. The fourth-order valence-electron chi connectivity index (χ4n) is 6.71. The maximum Gasteiger partial charge on any atom is 0.0640 e. The van der Waals surface area contributed by atoms with Crippen molar-refractivity contribution < 1.29 is 0 Å². The van der Waals surface area contributed by atoms with Crippen LogP contribution in [0.1, 0.15) is 25.0 Å². The van der Waals surface area contributed by atoms with Gasteiger partial charge < -0.3 is 4.90 Å². The molecule has 0 aliphatic heterocycles. The van der Waals surface area contributed by atoms with E-state index in [0.717, 1.165) is 0 Å². The highest BCUT2D eigenvalue weighted by molar-refractivity contribution is 7.26. The lowest BCUT2D eigenvalue weighted by molar-refractivity contribution is 0.666. The molecule has 0 bridgehead atoms. The van der Waals surface area contributed by atoms with E-state index in [1.54, 1.807) is 0 Å². The maximum atomic E-state index is 2.50. The van der Waals surface area contributed by atoms with Gasteiger partial charge in [-0.15, -0.1) is 11.3 Å². The van der Waals surface area contributed by atoms with Crippen LogP contribution in [0.15, 0.2) is 127 Å². The number of nitrogens with zero attached hydrogens (tertiary/aromatic N) is 1. The Hall–Kier alpha value is -4.40. The van der Waals surface area contributed by atoms with E-state index in [9.17, 15) is 0 Å². The van der Waals surface area contributed by atoms with Crippen LogP contribution in [0.5, 0.6) is 0 Å². The smallest absolute Gasteiger partial charge is 0.0640 e. The number of thiophene rings is 1. The van der Waals surface area contributed by atoms with Gasteiger partial charge in [-0.1, -0.05) is 111 Å². The second-order valence-corrected chi connectivity index (χ2v) is 12.0. The Morgan fingerprint density at radius 2 is 1.28 bits per heavy atom. The van der Waals surface area contributed by atoms with Crippen molar-refractivity contribution in [3.8, 4) is 11.1 Å². The Morgan fingerprint density at radius 3 is 2.15 bits per heavy atom. The minimum Gasteiger partial charge on any atom is -0.308 e. The molecule has 6 aromatic carbocycles. The van der Waals surface area contributed by atoms with E-state index in [0.29, 0.717) is 0 Å². The number of rotatable bonds is 3. The van der Waals surface area contributed by atoms with Crippen molar-refractivity contribution in [3.63, 3.8) is 0 Å². The molecule has 0 radical (unpaired) electrons. The highest BCUT2D eigenvalue weighted by Crippen LogP contribution is 2.57. The summed E-state index contributed by atoms with van der Waals surface area (Å²) in [5.74, 6) is 0. The third-order valence-electron chi connectivity index (χ3n) is 8.40. The Bertz CT molecular complexity index is 2050. The Labute approximate surface area is 232 Å². The fraction of sp³-hybridized carbons (Fsp3) is 0.0811. The van der Waals surface area contributed by atoms with Crippen molar-refractivity contribution in [2.24, 2.45) is 0 Å². The van der Waals surface area contributed by atoms with Crippen LogP contribution in [0.3, 0.4) is 0 Å². The van der Waals surface area contributed by atoms with E-state index in [1.165, 1.54) is 70.3 Å². The Kier molecular flexibility index (Phi) is 4.80. The van der Waals surface area contributed by atoms with Crippen molar-refractivity contribution in [1.29, 1.82) is 0 Å². The summed E-state index contributed by atoms with van der Waals surface area (Å²) in [5, 5.41) is 5.25. The molecule has 1 heterocycles. The molecule has 1 aliphatic rings. The van der Waals surface area contributed by atoms with E-state index in [2.05, 4.69) is 146 Å². The molecule has 0 saturated carbocycles. The van der Waals surface area contributed by atoms with Gasteiger partial charge in [0, 0.05) is 32.1 Å². The minimum absolute atomic E-state index is 0.104. The van der Waals surface area contributed by atoms with Gasteiger partial charge in [-0.3, -0.25) is 0 Å². The molecular weight excluding hydrogens is 490 g/mol. The second kappa shape index (κ2) is 8.30. The quantitative estimate of drug-likeness (QED) is 0.225. The first-order valence-corrected chi connectivity index (χ1v) is 14.4. The van der Waals surface area contributed by atoms with Crippen LogP contribution in [0.4, 0.5) is 17.1 Å². The third-order valence-corrected chi connectivity index (χ3v) is 9.61. The second-order valence-electron chi connectivity index (χ2n) is 11.0. The SMILES string of the molecule is CC1(C)c2ccccc2-c2c(N(c3ccccc3)c3cccc4c3sc3ccccc34)cc3ccccc3c21. The van der Waals surface area contributed by atoms with Crippen LogP contribution in [-0.2, 0) is 5.41 Å². The number of hydrogen-bond donors (Lipinski definition) is 0. The fourth-order valence-corrected chi connectivity index (χ4v) is 7.91. The predicted molar refractivity (Wildman–Crippen MR) is 169 cm³/mol. The number of benzene rings is 6. The lowest BCUT2D eigenvalue weighted by Crippen LogP contribution is -2.16. The number of fused-ring (bicyclic) bond motifs is 8. The standard InChI is InChI=1S/C37H27NS/c1-37(2)30-20-10-8-18-29(30)34-32(23-24-13-6-7-16-26(24)35(34)37)38(25-14-4-3-5-15-25)31-21-12-19-28-27-17-9-11-22-33(27)39-36(28)31/h3-23H,1-2H3. The topological polar surface area (TPSA) is 3.24 Å². The molecule has 1 aliphatic carbocycles. The molecule has 7 aromatic rings. The number of anilines is 3. The predicted octanol–water partition coefficient (Wildman–Crippen LogP) is 11.0. The average molecular weight is 518 g/mol. The molecule has 39 heavy (non-hydrogen) atoms. The summed E-state index contributed by atoms with van der Waals surface area (Å²) in [6.45, 7) is 4.76. The molecule has 0 saturated heterocycles. The van der Waals surface area contributed by atoms with Crippen molar-refractivity contribution in [3.05, 3.63) is 139 Å². The van der Waals surface area contributed by atoms with Crippen LogP contribution in [0.2, 0.25) is 0 Å². The van der Waals surface area contributed by atoms with Crippen LogP contribution >= 0.6 is 11.3 Å². The van der Waals surface area contributed by atoms with Crippen LogP contribution in [0.25, 0.3) is 42.1 Å². The van der Waals surface area contributed by atoms with E-state index < -0.39 is 0 Å². The van der Waals surface area contributed by atoms with Crippen molar-refractivity contribution in [2.75, 3.05) is 4.90 Å². The third kappa shape index (κ3) is 3.19. The van der Waals surface area contributed by atoms with Crippen molar-refractivity contribution >= 4 is 59.3 Å². The monoisotopic (exact) mass is 517 g/mol. The van der Waals surface area contributed by atoms with Gasteiger partial charge in [0.25, 0.3) is 0 Å². The largest absolute Gasteiger partial charge is 0.308 e. The molecule has 0 N–H and O–H groups in total. The van der Waals surface area contributed by atoms with Crippen molar-refractivity contribution in [2.45, 2.75) is 19.3 Å². The molecule has 0 atom stereocenters. The summed E-state index contributed by atoms with van der Waals surface area (Å²) in [4.78, 5) is 2.50. The highest BCUT2D eigenvalue weighted by atomic mass is 32.1. The minimum atomic E-state index is -0.104. The van der Waals surface area contributed by atoms with Gasteiger partial charge in [-0.2, -0.15) is 0 Å². The van der Waals surface area contributed by atoms with E-state index in [4.69, 9.17) is 0 Å². The molecule has 1 aromatic heterocycles. The lowest BCUT2D eigenvalue weighted by atomic mass is 9.80. The number of hydrogen-bond acceptors (Lipinski definition) is 2. The summed E-state index contributed by atoms with van der Waals surface area (Å²) in [6.07, 6.45) is 0. The molecule has 1 nitrogen and oxygen atoms in total. The Balaban J connectivity index is 1.53. The van der Waals surface area contributed by atoms with E-state index in [1.807, 2.05) is 11.3 Å². The molecule has 186 valence electrons. The highest BCUT2D eigenvalue weighted by Gasteiger charge is 2.39. The van der Waals surface area contributed by atoms with Crippen LogP contribution < -0.4 is 4.90 Å². The molecule has 0 fully saturated rings. The van der Waals surface area contributed by atoms with Gasteiger partial charge in [0.1, 0.15) is 0 Å². The van der Waals surface area contributed by atoms with Gasteiger partial charge in [-0.25, -0.2) is 0 Å². The first kappa shape index (κ1) is 22.6. The summed E-state index contributed by atoms with van der Waals surface area (Å²) < 4.78 is 2.64. The number of para-hydroxylation sites is 1. The molecule has 0 unspecified atom stereocenters. The summed E-state index contributed by atoms with van der Waals surface area (Å²) >= 11 is 1.89. The maximum absolute atomic E-state index is 2.50. The van der Waals surface area contributed by atoms with E-state index in [-0.39, 0.29) is 5.41 Å². The summed E-state index contributed by atoms with van der Waals surface area (Å²) in [5.41, 5.74) is 9.01. The first-order valence-electron chi connectivity index (χ1n) is 13.5. The molecule has 0 spiro atoms. The molecule has 2 heteroatoms. The van der Waals surface area contributed by atoms with Crippen LogP contribution in [-0.4, -0.2) is 0 Å². The zero-order valence-corrected chi connectivity index (χ0v) is 22.8. The average Bonchev–Trinajstić information content (AvgIpc) is 3.47. The van der Waals surface area contributed by atoms with Gasteiger partial charge in [0.15, 0.2) is 0 Å². The molecular formula is C37H27NS. The lowest BCUT2D eigenvalue weighted by Gasteiger charge is -2.30. The molecule has 0 amide bonds. The normalized spacial score (nSPS) is 13.6.